The number of hydrogen-bond acceptors (Lipinski definition) is 3. The van der Waals surface area contributed by atoms with E-state index in [9.17, 15) is 9.90 Å². The summed E-state index contributed by atoms with van der Waals surface area (Å²) in [5.74, 6) is 0. The van der Waals surface area contributed by atoms with E-state index in [1.165, 1.54) is 10.5 Å². The Labute approximate surface area is 148 Å². The van der Waals surface area contributed by atoms with Crippen molar-refractivity contribution in [2.24, 2.45) is 0 Å². The molecule has 126 valence electrons. The number of benzene rings is 1. The van der Waals surface area contributed by atoms with Crippen molar-refractivity contribution in [1.82, 2.24) is 20.0 Å². The lowest BCUT2D eigenvalue weighted by Crippen LogP contribution is -2.38. The van der Waals surface area contributed by atoms with Gasteiger partial charge < -0.3 is 15.3 Å². The normalized spacial score (nSPS) is 18.3. The summed E-state index contributed by atoms with van der Waals surface area (Å²) in [5.41, 5.74) is 3.42. The van der Waals surface area contributed by atoms with E-state index < -0.39 is 6.09 Å². The molecule has 2 N–H and O–H groups in total. The molecule has 1 aromatic carbocycles. The van der Waals surface area contributed by atoms with Gasteiger partial charge in [0.1, 0.15) is 0 Å². The predicted molar refractivity (Wildman–Crippen MR) is 92.6 cm³/mol. The molecular formula is C17H19BrN4O2. The Bertz CT molecular complexity index is 785. The molecule has 6 nitrogen and oxygen atoms in total. The quantitative estimate of drug-likeness (QED) is 0.841. The molecule has 0 saturated heterocycles. The summed E-state index contributed by atoms with van der Waals surface area (Å²) in [4.78, 5) is 12.7. The Balaban J connectivity index is 1.50. The van der Waals surface area contributed by atoms with E-state index in [0.29, 0.717) is 26.2 Å². The molecular weight excluding hydrogens is 372 g/mol. The lowest BCUT2D eigenvalue weighted by Gasteiger charge is -2.26. The van der Waals surface area contributed by atoms with Crippen molar-refractivity contribution in [3.63, 3.8) is 0 Å². The second-order valence-electron chi connectivity index (χ2n) is 6.49. The van der Waals surface area contributed by atoms with E-state index >= 15 is 0 Å². The highest BCUT2D eigenvalue weighted by molar-refractivity contribution is 9.10. The van der Waals surface area contributed by atoms with E-state index in [1.807, 2.05) is 16.9 Å². The SMILES string of the molecule is O=C(O)N1CCn2ncc(CNC3(c4cccc(Br)c4)CC3)c2C1. The summed E-state index contributed by atoms with van der Waals surface area (Å²) in [5, 5.41) is 17.3. The second-order valence-corrected chi connectivity index (χ2v) is 7.41. The van der Waals surface area contributed by atoms with Gasteiger partial charge in [0.25, 0.3) is 0 Å². The Kier molecular flexibility index (Phi) is 3.85. The molecule has 0 unspecified atom stereocenters. The van der Waals surface area contributed by atoms with E-state index in [-0.39, 0.29) is 5.54 Å². The van der Waals surface area contributed by atoms with Gasteiger partial charge in [0.05, 0.1) is 25.0 Å². The van der Waals surface area contributed by atoms with Crippen LogP contribution in [0, 0.1) is 0 Å². The Morgan fingerprint density at radius 2 is 2.21 bits per heavy atom. The Morgan fingerprint density at radius 3 is 2.92 bits per heavy atom. The largest absolute Gasteiger partial charge is 0.465 e. The van der Waals surface area contributed by atoms with E-state index in [1.54, 1.807) is 0 Å². The number of halogens is 1. The van der Waals surface area contributed by atoms with Crippen molar-refractivity contribution in [2.75, 3.05) is 6.54 Å². The molecule has 0 atom stereocenters. The van der Waals surface area contributed by atoms with Crippen LogP contribution in [0.2, 0.25) is 0 Å². The summed E-state index contributed by atoms with van der Waals surface area (Å²) in [6.45, 7) is 2.24. The Morgan fingerprint density at radius 1 is 1.38 bits per heavy atom. The highest BCUT2D eigenvalue weighted by atomic mass is 79.9. The van der Waals surface area contributed by atoms with Crippen LogP contribution >= 0.6 is 15.9 Å². The van der Waals surface area contributed by atoms with Gasteiger partial charge in [-0.15, -0.1) is 0 Å². The molecule has 1 aliphatic carbocycles. The van der Waals surface area contributed by atoms with Crippen LogP contribution in [-0.2, 0) is 25.2 Å². The fraction of sp³-hybridized carbons (Fsp3) is 0.412. The number of nitrogens with zero attached hydrogens (tertiary/aromatic N) is 3. The highest BCUT2D eigenvalue weighted by Crippen LogP contribution is 2.46. The maximum absolute atomic E-state index is 11.2. The van der Waals surface area contributed by atoms with Gasteiger partial charge in [0, 0.05) is 28.7 Å². The zero-order valence-electron chi connectivity index (χ0n) is 13.2. The number of carboxylic acid groups (broad SMARTS) is 1. The molecule has 24 heavy (non-hydrogen) atoms. The summed E-state index contributed by atoms with van der Waals surface area (Å²) in [6.07, 6.45) is 3.24. The summed E-state index contributed by atoms with van der Waals surface area (Å²) in [7, 11) is 0. The number of rotatable bonds is 4. The maximum Gasteiger partial charge on any atom is 0.407 e. The highest BCUT2D eigenvalue weighted by Gasteiger charge is 2.44. The van der Waals surface area contributed by atoms with Gasteiger partial charge in [-0.25, -0.2) is 4.79 Å². The zero-order valence-corrected chi connectivity index (χ0v) is 14.8. The minimum absolute atomic E-state index is 0.0414. The zero-order chi connectivity index (χ0) is 16.7. The molecule has 0 bridgehead atoms. The number of aromatic nitrogens is 2. The first-order valence-electron chi connectivity index (χ1n) is 8.10. The molecule has 1 aromatic heterocycles. The van der Waals surface area contributed by atoms with Crippen molar-refractivity contribution in [3.05, 3.63) is 51.8 Å². The van der Waals surface area contributed by atoms with Crippen molar-refractivity contribution >= 4 is 22.0 Å². The first-order valence-corrected chi connectivity index (χ1v) is 8.89. The predicted octanol–water partition coefficient (Wildman–Crippen LogP) is 2.92. The molecule has 1 saturated carbocycles. The van der Waals surface area contributed by atoms with Crippen LogP contribution in [0.5, 0.6) is 0 Å². The average Bonchev–Trinajstić information content (AvgIpc) is 3.26. The van der Waals surface area contributed by atoms with Gasteiger partial charge in [-0.3, -0.25) is 4.68 Å². The topological polar surface area (TPSA) is 70.4 Å². The molecule has 4 rings (SSSR count). The molecule has 0 spiro atoms. The van der Waals surface area contributed by atoms with Crippen LogP contribution in [0.15, 0.2) is 34.9 Å². The van der Waals surface area contributed by atoms with Crippen LogP contribution in [0.25, 0.3) is 0 Å². The molecule has 2 heterocycles. The fourth-order valence-electron chi connectivity index (χ4n) is 3.35. The molecule has 1 aliphatic heterocycles. The molecule has 2 aliphatic rings. The summed E-state index contributed by atoms with van der Waals surface area (Å²) >= 11 is 3.54. The first kappa shape index (κ1) is 15.7. The number of fused-ring (bicyclic) bond motifs is 1. The maximum atomic E-state index is 11.2. The van der Waals surface area contributed by atoms with Crippen LogP contribution < -0.4 is 5.32 Å². The number of amides is 1. The van der Waals surface area contributed by atoms with Gasteiger partial charge in [-0.05, 0) is 30.5 Å². The van der Waals surface area contributed by atoms with Crippen LogP contribution in [0.3, 0.4) is 0 Å². The van der Waals surface area contributed by atoms with Crippen LogP contribution in [0.1, 0.15) is 29.7 Å². The van der Waals surface area contributed by atoms with Crippen molar-refractivity contribution in [3.8, 4) is 0 Å². The van der Waals surface area contributed by atoms with Crippen molar-refractivity contribution < 1.29 is 9.90 Å². The lowest BCUT2D eigenvalue weighted by atomic mass is 10.0. The van der Waals surface area contributed by atoms with Crippen LogP contribution in [-0.4, -0.2) is 32.4 Å². The van der Waals surface area contributed by atoms with Gasteiger partial charge >= 0.3 is 6.09 Å². The molecule has 1 fully saturated rings. The third kappa shape index (κ3) is 2.82. The van der Waals surface area contributed by atoms with E-state index in [4.69, 9.17) is 0 Å². The van der Waals surface area contributed by atoms with Crippen molar-refractivity contribution in [2.45, 2.75) is 38.0 Å². The molecule has 2 aromatic rings. The minimum atomic E-state index is -0.867. The number of hydrogen-bond donors (Lipinski definition) is 2. The van der Waals surface area contributed by atoms with Crippen LogP contribution in [0.4, 0.5) is 4.79 Å². The molecule has 7 heteroatoms. The third-order valence-corrected chi connectivity index (χ3v) is 5.47. The first-order chi connectivity index (χ1) is 11.6. The molecule has 0 radical (unpaired) electrons. The second kappa shape index (κ2) is 5.89. The summed E-state index contributed by atoms with van der Waals surface area (Å²) < 4.78 is 3.02. The van der Waals surface area contributed by atoms with Gasteiger partial charge in [-0.1, -0.05) is 28.1 Å². The molecule has 1 amide bonds. The fourth-order valence-corrected chi connectivity index (χ4v) is 3.75. The number of nitrogens with one attached hydrogen (secondary N) is 1. The third-order valence-electron chi connectivity index (χ3n) is 4.97. The van der Waals surface area contributed by atoms with Crippen molar-refractivity contribution in [1.29, 1.82) is 0 Å². The van der Waals surface area contributed by atoms with Gasteiger partial charge in [0.2, 0.25) is 0 Å². The smallest absolute Gasteiger partial charge is 0.407 e. The standard InChI is InChI=1S/C17H19BrN4O2/c18-14-3-1-2-13(8-14)17(4-5-17)19-9-12-10-20-22-7-6-21(16(23)24)11-15(12)22/h1-3,8,10,19H,4-7,9,11H2,(H,23,24). The van der Waals surface area contributed by atoms with Gasteiger partial charge in [-0.2, -0.15) is 5.10 Å². The lowest BCUT2D eigenvalue weighted by molar-refractivity contribution is 0.131. The Hall–Kier alpha value is -1.86. The summed E-state index contributed by atoms with van der Waals surface area (Å²) in [6, 6.07) is 8.42. The monoisotopic (exact) mass is 390 g/mol. The number of carbonyl (C=O) groups is 1. The van der Waals surface area contributed by atoms with Gasteiger partial charge in [0.15, 0.2) is 0 Å². The van der Waals surface area contributed by atoms with E-state index in [0.717, 1.165) is 28.6 Å². The average molecular weight is 391 g/mol. The minimum Gasteiger partial charge on any atom is -0.465 e. The van der Waals surface area contributed by atoms with E-state index in [2.05, 4.69) is 44.5 Å².